The maximum atomic E-state index is 16.2. The van der Waals surface area contributed by atoms with E-state index in [2.05, 4.69) is 17.2 Å². The third kappa shape index (κ3) is 8.57. The summed E-state index contributed by atoms with van der Waals surface area (Å²) in [4.78, 5) is 101. The minimum Gasteiger partial charge on any atom is -0.491 e. The number of aliphatic hydroxyl groups is 1. The van der Waals surface area contributed by atoms with Crippen molar-refractivity contribution in [2.75, 3.05) is 39.4 Å². The lowest BCUT2D eigenvalue weighted by atomic mass is 9.65. The standard InChI is InChI=1S/C50H49N3O14/c1-28(2)38(46(59)65-5)51-49(62)52-36-23-22-29(14-12-21-34(44(57)63-3)45(58)64-4)26-35(36)50(48(52)61)37(43(55)56)40-47(60)67-41(31-17-10-7-11-18-31)39(30-15-8-6-9-16-30)53(40)42(50)32-19-13-20-33(27-32)66-25-24-54/h6-11,13,15-20,22-23,26-28,34,37-42,54H,21,24-25H2,1-5H3,(H,51,62)(H,55,56)/t37-,38-,39-,40-,41+,42+,50-/m0/s1. The molecular formula is C50H49N3O14. The van der Waals surface area contributed by atoms with Crippen LogP contribution >= 0.6 is 0 Å². The number of carboxylic acid groups (broad SMARTS) is 1. The van der Waals surface area contributed by atoms with Gasteiger partial charge in [-0.25, -0.2) is 14.5 Å². The first-order valence-electron chi connectivity index (χ1n) is 21.4. The van der Waals surface area contributed by atoms with Gasteiger partial charge < -0.3 is 39.2 Å². The summed E-state index contributed by atoms with van der Waals surface area (Å²) < 4.78 is 26.7. The Morgan fingerprint density at radius 3 is 2.01 bits per heavy atom. The number of hydrogen-bond acceptors (Lipinski definition) is 14. The molecule has 7 rings (SSSR count). The third-order valence-corrected chi connectivity index (χ3v) is 12.4. The number of imide groups is 1. The minimum absolute atomic E-state index is 0.0135. The van der Waals surface area contributed by atoms with Gasteiger partial charge in [-0.15, -0.1) is 0 Å². The van der Waals surface area contributed by atoms with Crippen LogP contribution < -0.4 is 15.0 Å². The highest BCUT2D eigenvalue weighted by atomic mass is 16.6. The van der Waals surface area contributed by atoms with E-state index in [9.17, 15) is 39.0 Å². The molecular weight excluding hydrogens is 867 g/mol. The van der Waals surface area contributed by atoms with Crippen LogP contribution in [0.2, 0.25) is 0 Å². The van der Waals surface area contributed by atoms with Gasteiger partial charge in [0.05, 0.1) is 45.7 Å². The Bertz CT molecular complexity index is 2610. The van der Waals surface area contributed by atoms with E-state index >= 15 is 4.79 Å². The number of rotatable bonds is 13. The highest BCUT2D eigenvalue weighted by Crippen LogP contribution is 2.66. The molecule has 348 valence electrons. The monoisotopic (exact) mass is 915 g/mol. The Morgan fingerprint density at radius 2 is 1.42 bits per heavy atom. The molecule has 0 saturated carbocycles. The number of urea groups is 1. The Labute approximate surface area is 385 Å². The second kappa shape index (κ2) is 19.9. The summed E-state index contributed by atoms with van der Waals surface area (Å²) >= 11 is 0. The predicted octanol–water partition coefficient (Wildman–Crippen LogP) is 4.42. The van der Waals surface area contributed by atoms with E-state index in [0.29, 0.717) is 16.7 Å². The van der Waals surface area contributed by atoms with Crippen molar-refractivity contribution in [2.45, 2.75) is 56.0 Å². The van der Waals surface area contributed by atoms with Crippen molar-refractivity contribution in [2.24, 2.45) is 17.8 Å². The molecule has 17 heteroatoms. The van der Waals surface area contributed by atoms with E-state index < -0.39 is 95.2 Å². The van der Waals surface area contributed by atoms with Crippen molar-refractivity contribution in [3.8, 4) is 17.6 Å². The van der Waals surface area contributed by atoms with Crippen LogP contribution in [0.25, 0.3) is 0 Å². The number of amides is 3. The molecule has 3 heterocycles. The molecule has 17 nitrogen and oxygen atoms in total. The zero-order valence-corrected chi connectivity index (χ0v) is 37.2. The maximum absolute atomic E-state index is 16.2. The van der Waals surface area contributed by atoms with E-state index in [4.69, 9.17) is 23.7 Å². The summed E-state index contributed by atoms with van der Waals surface area (Å²) in [5.74, 6) is -4.08. The van der Waals surface area contributed by atoms with Crippen molar-refractivity contribution in [1.29, 1.82) is 0 Å². The number of morpholine rings is 1. The molecule has 0 aromatic heterocycles. The molecule has 67 heavy (non-hydrogen) atoms. The highest BCUT2D eigenvalue weighted by Gasteiger charge is 2.76. The fourth-order valence-corrected chi connectivity index (χ4v) is 9.53. The van der Waals surface area contributed by atoms with Gasteiger partial charge >= 0.3 is 35.9 Å². The molecule has 3 N–H and O–H groups in total. The lowest BCUT2D eigenvalue weighted by Gasteiger charge is -2.46. The molecule has 3 aliphatic heterocycles. The zero-order chi connectivity index (χ0) is 48.2. The topological polar surface area (TPSA) is 225 Å². The molecule has 0 aliphatic carbocycles. The zero-order valence-electron chi connectivity index (χ0n) is 37.2. The highest BCUT2D eigenvalue weighted by molar-refractivity contribution is 6.24. The molecule has 4 aromatic carbocycles. The Hall–Kier alpha value is -7.55. The third-order valence-electron chi connectivity index (χ3n) is 12.4. The van der Waals surface area contributed by atoms with Gasteiger partial charge in [0.15, 0.2) is 5.92 Å². The van der Waals surface area contributed by atoms with Gasteiger partial charge in [-0.05, 0) is 58.5 Å². The minimum atomic E-state index is -2.37. The van der Waals surface area contributed by atoms with E-state index in [1.807, 2.05) is 12.1 Å². The number of carboxylic acids is 1. The molecule has 4 aromatic rings. The lowest BCUT2D eigenvalue weighted by molar-refractivity contribution is -0.179. The quantitative estimate of drug-likeness (QED) is 0.0731. The number of methoxy groups -OCH3 is 3. The van der Waals surface area contributed by atoms with Gasteiger partial charge in [-0.1, -0.05) is 98.5 Å². The van der Waals surface area contributed by atoms with Crippen molar-refractivity contribution >= 4 is 47.5 Å². The Morgan fingerprint density at radius 1 is 0.791 bits per heavy atom. The maximum Gasteiger partial charge on any atom is 0.329 e. The number of aliphatic carboxylic acids is 1. The number of aliphatic hydroxyl groups excluding tert-OH is 1. The number of carbonyl (C=O) groups excluding carboxylic acids is 6. The van der Waals surface area contributed by atoms with Crippen LogP contribution in [0.5, 0.6) is 5.75 Å². The number of hydrogen-bond donors (Lipinski definition) is 3. The molecule has 0 radical (unpaired) electrons. The Balaban J connectivity index is 1.55. The van der Waals surface area contributed by atoms with E-state index in [-0.39, 0.29) is 42.2 Å². The van der Waals surface area contributed by atoms with Crippen molar-refractivity contribution in [3.63, 3.8) is 0 Å². The van der Waals surface area contributed by atoms with Crippen LogP contribution in [-0.4, -0.2) is 104 Å². The van der Waals surface area contributed by atoms with Crippen LogP contribution in [0, 0.1) is 29.6 Å². The Kier molecular flexibility index (Phi) is 14.1. The SMILES string of the molecule is COC(=O)C(CC#Cc1ccc2c(c1)[C@]1(C(=O)N2C(=O)N[C@H](C(=O)OC)C(C)C)[C@H](C(=O)O)[C@H]2C(=O)O[C@H](c3ccccc3)[C@H](c3ccccc3)N2[C@@H]1c1cccc(OCCO)c1)C(=O)OC. The predicted molar refractivity (Wildman–Crippen MR) is 237 cm³/mol. The second-order valence-electron chi connectivity index (χ2n) is 16.4. The fraction of sp³-hybridized carbons (Fsp3) is 0.340. The van der Waals surface area contributed by atoms with Crippen molar-refractivity contribution in [3.05, 3.63) is 131 Å². The first-order valence-corrected chi connectivity index (χ1v) is 21.4. The molecule has 3 amide bonds. The smallest absolute Gasteiger partial charge is 0.329 e. The molecule has 7 atom stereocenters. The number of nitrogens with zero attached hydrogens (tertiary/aromatic N) is 2. The van der Waals surface area contributed by atoms with Crippen molar-refractivity contribution < 1.29 is 67.5 Å². The first kappa shape index (κ1) is 47.4. The fourth-order valence-electron chi connectivity index (χ4n) is 9.53. The number of cyclic esters (lactones) is 1. The lowest BCUT2D eigenvalue weighted by Crippen LogP contribution is -2.56. The van der Waals surface area contributed by atoms with E-state index in [0.717, 1.165) is 26.2 Å². The first-order chi connectivity index (χ1) is 32.2. The number of anilines is 1. The van der Waals surface area contributed by atoms with Gasteiger partial charge in [-0.2, -0.15) is 0 Å². The molecule has 0 unspecified atom stereocenters. The van der Waals surface area contributed by atoms with E-state index in [1.54, 1.807) is 91.5 Å². The summed E-state index contributed by atoms with van der Waals surface area (Å²) in [6.07, 6.45) is -1.40. The molecule has 0 bridgehead atoms. The van der Waals surface area contributed by atoms with Crippen LogP contribution in [0.4, 0.5) is 10.5 Å². The average molecular weight is 916 g/mol. The number of carbonyl (C=O) groups is 7. The number of fused-ring (bicyclic) bond motifs is 3. The number of benzene rings is 4. The second-order valence-corrected chi connectivity index (χ2v) is 16.4. The summed E-state index contributed by atoms with van der Waals surface area (Å²) in [5.41, 5.74) is -0.794. The van der Waals surface area contributed by atoms with Crippen LogP contribution in [-0.2, 0) is 53.1 Å². The summed E-state index contributed by atoms with van der Waals surface area (Å²) in [7, 11) is 3.37. The average Bonchev–Trinajstić information content (AvgIpc) is 3.80. The molecule has 1 spiro atoms. The van der Waals surface area contributed by atoms with Crippen LogP contribution in [0.15, 0.2) is 103 Å². The van der Waals surface area contributed by atoms with Gasteiger partial charge in [0.1, 0.15) is 41.9 Å². The molecule has 2 fully saturated rings. The molecule has 2 saturated heterocycles. The van der Waals surface area contributed by atoms with Crippen molar-refractivity contribution in [1.82, 2.24) is 10.2 Å². The van der Waals surface area contributed by atoms with Gasteiger partial charge in [-0.3, -0.25) is 28.9 Å². The van der Waals surface area contributed by atoms with Crippen LogP contribution in [0.3, 0.4) is 0 Å². The van der Waals surface area contributed by atoms with Gasteiger partial charge in [0.2, 0.25) is 5.91 Å². The largest absolute Gasteiger partial charge is 0.491 e. The van der Waals surface area contributed by atoms with Crippen LogP contribution in [0.1, 0.15) is 66.3 Å². The number of nitrogens with one attached hydrogen (secondary N) is 1. The summed E-state index contributed by atoms with van der Waals surface area (Å²) in [6.45, 7) is 2.87. The molecule has 3 aliphatic rings. The van der Waals surface area contributed by atoms with E-state index in [1.165, 1.54) is 18.2 Å². The number of ether oxygens (including phenoxy) is 5. The number of esters is 4. The normalized spacial score (nSPS) is 22.2. The summed E-state index contributed by atoms with van der Waals surface area (Å²) in [5, 5.41) is 24.0. The van der Waals surface area contributed by atoms with Gasteiger partial charge in [0.25, 0.3) is 0 Å². The summed E-state index contributed by atoms with van der Waals surface area (Å²) in [6, 6.07) is 22.3. The van der Waals surface area contributed by atoms with Gasteiger partial charge in [0, 0.05) is 12.0 Å².